The second-order valence-corrected chi connectivity index (χ2v) is 7.39. The number of hydrogen-bond donors (Lipinski definition) is 2. The van der Waals surface area contributed by atoms with Crippen LogP contribution < -0.4 is 20.1 Å². The van der Waals surface area contributed by atoms with Crippen molar-refractivity contribution >= 4 is 6.03 Å². The summed E-state index contributed by atoms with van der Waals surface area (Å²) in [4.78, 5) is 12.4. The summed E-state index contributed by atoms with van der Waals surface area (Å²) in [5, 5.41) is 5.88. The average Bonchev–Trinajstić information content (AvgIpc) is 2.91. The molecule has 5 nitrogen and oxygen atoms in total. The molecule has 0 bridgehead atoms. The van der Waals surface area contributed by atoms with E-state index < -0.39 is 0 Å². The third-order valence-electron chi connectivity index (χ3n) is 4.76. The van der Waals surface area contributed by atoms with Crippen LogP contribution in [-0.2, 0) is 6.54 Å². The van der Waals surface area contributed by atoms with Crippen LogP contribution in [0.25, 0.3) is 0 Å². The Morgan fingerprint density at radius 3 is 2.57 bits per heavy atom. The number of benzene rings is 2. The maximum Gasteiger partial charge on any atom is 0.315 e. The van der Waals surface area contributed by atoms with Crippen molar-refractivity contribution in [2.45, 2.75) is 39.8 Å². The van der Waals surface area contributed by atoms with Crippen LogP contribution in [0.2, 0.25) is 0 Å². The molecule has 0 aliphatic carbocycles. The Balaban J connectivity index is 1.66. The average molecular weight is 386 g/mol. The van der Waals surface area contributed by atoms with E-state index in [0.717, 1.165) is 23.3 Å². The van der Waals surface area contributed by atoms with E-state index in [-0.39, 0.29) is 23.8 Å². The van der Waals surface area contributed by atoms with Crippen molar-refractivity contribution in [3.63, 3.8) is 0 Å². The molecule has 1 unspecified atom stereocenters. The molecule has 1 aliphatic rings. The van der Waals surface area contributed by atoms with Crippen LogP contribution in [0, 0.1) is 18.7 Å². The van der Waals surface area contributed by atoms with Gasteiger partial charge in [-0.25, -0.2) is 9.18 Å². The van der Waals surface area contributed by atoms with Gasteiger partial charge in [0.05, 0.1) is 19.3 Å². The lowest BCUT2D eigenvalue weighted by Gasteiger charge is -2.24. The first kappa shape index (κ1) is 20.0. The van der Waals surface area contributed by atoms with E-state index >= 15 is 0 Å². The Bertz CT molecular complexity index is 839. The number of hydrogen-bond acceptors (Lipinski definition) is 3. The van der Waals surface area contributed by atoms with Gasteiger partial charge in [-0.05, 0) is 47.7 Å². The fourth-order valence-electron chi connectivity index (χ4n) is 3.20. The van der Waals surface area contributed by atoms with Gasteiger partial charge in [0.2, 0.25) is 0 Å². The summed E-state index contributed by atoms with van der Waals surface area (Å²) in [6, 6.07) is 10.2. The van der Waals surface area contributed by atoms with Gasteiger partial charge in [-0.1, -0.05) is 32.0 Å². The van der Waals surface area contributed by atoms with E-state index in [4.69, 9.17) is 9.47 Å². The Morgan fingerprint density at radius 2 is 1.86 bits per heavy atom. The van der Waals surface area contributed by atoms with Crippen molar-refractivity contribution in [1.82, 2.24) is 10.6 Å². The van der Waals surface area contributed by atoms with Gasteiger partial charge < -0.3 is 20.1 Å². The zero-order valence-electron chi connectivity index (χ0n) is 16.5. The molecule has 1 heterocycles. The highest BCUT2D eigenvalue weighted by Crippen LogP contribution is 2.34. The number of ether oxygens (including phenoxy) is 2. The van der Waals surface area contributed by atoms with Gasteiger partial charge in [-0.3, -0.25) is 0 Å². The van der Waals surface area contributed by atoms with E-state index in [2.05, 4.69) is 24.5 Å². The van der Waals surface area contributed by atoms with Crippen molar-refractivity contribution in [3.8, 4) is 11.5 Å². The van der Waals surface area contributed by atoms with E-state index in [1.54, 1.807) is 19.1 Å². The molecule has 2 aromatic rings. The lowest BCUT2D eigenvalue weighted by Crippen LogP contribution is -2.39. The molecule has 0 fully saturated rings. The molecule has 0 saturated heterocycles. The van der Waals surface area contributed by atoms with Gasteiger partial charge in [0, 0.05) is 13.0 Å². The molecule has 1 aliphatic heterocycles. The van der Waals surface area contributed by atoms with Gasteiger partial charge in [-0.15, -0.1) is 0 Å². The summed E-state index contributed by atoms with van der Waals surface area (Å²) >= 11 is 0. The third-order valence-corrected chi connectivity index (χ3v) is 4.76. The van der Waals surface area contributed by atoms with Gasteiger partial charge in [-0.2, -0.15) is 0 Å². The SMILES string of the molecule is Cc1cc(CNC(=O)NC(c2ccc3c(c2)OCCCO3)C(C)C)ccc1F. The zero-order valence-corrected chi connectivity index (χ0v) is 16.5. The minimum absolute atomic E-state index is 0.174. The van der Waals surface area contributed by atoms with Crippen LogP contribution in [0.3, 0.4) is 0 Å². The standard InChI is InChI=1S/C22H27FN2O3/c1-14(2)21(17-6-8-19-20(12-17)28-10-4-9-27-19)25-22(26)24-13-16-5-7-18(23)15(3)11-16/h5-8,11-12,14,21H,4,9-10,13H2,1-3H3,(H2,24,25,26). The number of nitrogens with one attached hydrogen (secondary N) is 2. The van der Waals surface area contributed by atoms with Crippen LogP contribution >= 0.6 is 0 Å². The number of halogens is 1. The Kier molecular flexibility index (Phi) is 6.39. The van der Waals surface area contributed by atoms with Crippen LogP contribution in [-0.4, -0.2) is 19.2 Å². The van der Waals surface area contributed by atoms with E-state index in [9.17, 15) is 9.18 Å². The minimum atomic E-state index is -0.271. The maximum atomic E-state index is 13.4. The molecule has 2 amide bonds. The number of carbonyl (C=O) groups excluding carboxylic acids is 1. The Labute approximate surface area is 165 Å². The van der Waals surface area contributed by atoms with Crippen molar-refractivity contribution in [3.05, 3.63) is 58.9 Å². The summed E-state index contributed by atoms with van der Waals surface area (Å²) in [6.07, 6.45) is 0.848. The van der Waals surface area contributed by atoms with Gasteiger partial charge in [0.1, 0.15) is 5.82 Å². The van der Waals surface area contributed by atoms with Crippen molar-refractivity contribution in [2.75, 3.05) is 13.2 Å². The quantitative estimate of drug-likeness (QED) is 0.796. The van der Waals surface area contributed by atoms with Crippen LogP contribution in [0.5, 0.6) is 11.5 Å². The van der Waals surface area contributed by atoms with E-state index in [1.165, 1.54) is 6.07 Å². The van der Waals surface area contributed by atoms with E-state index in [0.29, 0.717) is 31.1 Å². The molecule has 0 aromatic heterocycles. The number of rotatable bonds is 5. The highest BCUT2D eigenvalue weighted by molar-refractivity contribution is 5.74. The van der Waals surface area contributed by atoms with Crippen molar-refractivity contribution in [2.24, 2.45) is 5.92 Å². The second-order valence-electron chi connectivity index (χ2n) is 7.39. The van der Waals surface area contributed by atoms with Gasteiger partial charge in [0.15, 0.2) is 11.5 Å². The number of amides is 2. The fraction of sp³-hybridized carbons (Fsp3) is 0.409. The fourth-order valence-corrected chi connectivity index (χ4v) is 3.20. The molecule has 0 radical (unpaired) electrons. The maximum absolute atomic E-state index is 13.4. The molecule has 2 N–H and O–H groups in total. The smallest absolute Gasteiger partial charge is 0.315 e. The zero-order chi connectivity index (χ0) is 20.1. The highest BCUT2D eigenvalue weighted by atomic mass is 19.1. The Morgan fingerprint density at radius 1 is 1.11 bits per heavy atom. The largest absolute Gasteiger partial charge is 0.490 e. The first-order chi connectivity index (χ1) is 13.4. The Hall–Kier alpha value is -2.76. The lowest BCUT2D eigenvalue weighted by atomic mass is 9.96. The van der Waals surface area contributed by atoms with E-state index in [1.807, 2.05) is 18.2 Å². The number of fused-ring (bicyclic) bond motifs is 1. The summed E-state index contributed by atoms with van der Waals surface area (Å²) in [6.45, 7) is 7.41. The molecule has 150 valence electrons. The first-order valence-electron chi connectivity index (χ1n) is 9.63. The molecule has 0 saturated carbocycles. The number of carbonyl (C=O) groups is 1. The first-order valence-corrected chi connectivity index (χ1v) is 9.63. The highest BCUT2D eigenvalue weighted by Gasteiger charge is 2.21. The van der Waals surface area contributed by atoms with Crippen LogP contribution in [0.1, 0.15) is 43.0 Å². The van der Waals surface area contributed by atoms with Gasteiger partial charge in [0.25, 0.3) is 0 Å². The number of aryl methyl sites for hydroxylation is 1. The molecule has 0 spiro atoms. The topological polar surface area (TPSA) is 59.6 Å². The summed E-state index contributed by atoms with van der Waals surface area (Å²) in [5.74, 6) is 1.38. The van der Waals surface area contributed by atoms with Crippen molar-refractivity contribution < 1.29 is 18.7 Å². The third kappa shape index (κ3) is 4.94. The molecule has 6 heteroatoms. The predicted octanol–water partition coefficient (Wildman–Crippen LogP) is 4.49. The van der Waals surface area contributed by atoms with Gasteiger partial charge >= 0.3 is 6.03 Å². The molecule has 3 rings (SSSR count). The lowest BCUT2D eigenvalue weighted by molar-refractivity contribution is 0.232. The number of urea groups is 1. The minimum Gasteiger partial charge on any atom is -0.490 e. The van der Waals surface area contributed by atoms with Crippen LogP contribution in [0.15, 0.2) is 36.4 Å². The molecular formula is C22H27FN2O3. The predicted molar refractivity (Wildman–Crippen MR) is 106 cm³/mol. The van der Waals surface area contributed by atoms with Crippen molar-refractivity contribution in [1.29, 1.82) is 0 Å². The summed E-state index contributed by atoms with van der Waals surface area (Å²) in [5.41, 5.74) is 2.38. The monoisotopic (exact) mass is 386 g/mol. The summed E-state index contributed by atoms with van der Waals surface area (Å²) < 4.78 is 24.8. The second kappa shape index (κ2) is 8.95. The van der Waals surface area contributed by atoms with Crippen LogP contribution in [0.4, 0.5) is 9.18 Å². The molecule has 1 atom stereocenters. The summed E-state index contributed by atoms with van der Waals surface area (Å²) in [7, 11) is 0. The molecular weight excluding hydrogens is 359 g/mol. The normalized spacial score (nSPS) is 14.3. The molecule has 2 aromatic carbocycles. The molecule has 28 heavy (non-hydrogen) atoms.